The van der Waals surface area contributed by atoms with E-state index in [1.807, 2.05) is 75.1 Å². The predicted molar refractivity (Wildman–Crippen MR) is 188 cm³/mol. The van der Waals surface area contributed by atoms with Gasteiger partial charge in [0.25, 0.3) is 0 Å². The van der Waals surface area contributed by atoms with E-state index in [1.54, 1.807) is 6.07 Å². The molecule has 1 amide bonds. The first-order valence-corrected chi connectivity index (χ1v) is 16.2. The van der Waals surface area contributed by atoms with Crippen LogP contribution in [-0.4, -0.2) is 47.6 Å². The number of amides is 1. The van der Waals surface area contributed by atoms with Crippen LogP contribution in [0.15, 0.2) is 94.8 Å². The van der Waals surface area contributed by atoms with E-state index < -0.39 is 0 Å². The van der Waals surface area contributed by atoms with Gasteiger partial charge >= 0.3 is 0 Å². The first-order chi connectivity index (χ1) is 21.5. The Balaban J connectivity index is 0.000000426. The van der Waals surface area contributed by atoms with Crippen LogP contribution in [0, 0.1) is 28.5 Å². The Bertz CT molecular complexity index is 1410. The van der Waals surface area contributed by atoms with Gasteiger partial charge in [0.15, 0.2) is 0 Å². The number of carbonyl (C=O) groups excluding carboxylic acids is 1. The quantitative estimate of drug-likeness (QED) is 0.142. The molecular weight excluding hydrogens is 559 g/mol. The molecule has 2 fully saturated rings. The molecule has 6 heteroatoms. The zero-order valence-corrected chi connectivity index (χ0v) is 28.8. The van der Waals surface area contributed by atoms with Gasteiger partial charge in [-0.2, -0.15) is 5.26 Å². The molecule has 0 unspecified atom stereocenters. The molecule has 0 aliphatic carbocycles. The second kappa shape index (κ2) is 18.1. The molecule has 2 aliphatic rings. The topological polar surface area (TPSA) is 59.7 Å². The van der Waals surface area contributed by atoms with Crippen molar-refractivity contribution in [2.45, 2.75) is 81.1 Å². The predicted octanol–water partition coefficient (Wildman–Crippen LogP) is 9.45. The maximum Gasteiger partial charge on any atom is 0.225 e. The van der Waals surface area contributed by atoms with Gasteiger partial charge in [-0.1, -0.05) is 82.7 Å². The molecule has 5 nitrogen and oxygen atoms in total. The number of hydrogen-bond donors (Lipinski definition) is 0. The summed E-state index contributed by atoms with van der Waals surface area (Å²) in [6.07, 6.45) is 15.6. The lowest BCUT2D eigenvalue weighted by atomic mass is 9.78. The molecule has 0 N–H and O–H groups in total. The van der Waals surface area contributed by atoms with E-state index in [0.717, 1.165) is 80.0 Å². The zero-order valence-electron chi connectivity index (χ0n) is 28.8. The highest BCUT2D eigenvalue weighted by Crippen LogP contribution is 2.42. The third kappa shape index (κ3) is 10.3. The summed E-state index contributed by atoms with van der Waals surface area (Å²) in [5, 5.41) is 8.85. The summed E-state index contributed by atoms with van der Waals surface area (Å²) in [6, 6.07) is 9.05. The van der Waals surface area contributed by atoms with Crippen molar-refractivity contribution >= 4 is 17.2 Å². The lowest BCUT2D eigenvalue weighted by molar-refractivity contribution is -0.146. The number of benzene rings is 1. The number of hydrogen-bond acceptors (Lipinski definition) is 4. The Hall–Kier alpha value is -3.98. The Labute approximate surface area is 271 Å². The third-order valence-corrected chi connectivity index (χ3v) is 8.32. The van der Waals surface area contributed by atoms with Crippen molar-refractivity contribution in [1.82, 2.24) is 9.80 Å². The summed E-state index contributed by atoms with van der Waals surface area (Å²) in [7, 11) is 0. The summed E-state index contributed by atoms with van der Waals surface area (Å²) in [4.78, 5) is 21.1. The molecule has 0 saturated carbocycles. The largest absolute Gasteiger partial charge is 0.374 e. The SMILES string of the molecule is C=CN=C(C)C(/C(=C\C)c1ccccc1F)=C(\C)N1CCC2(CN(C(=O)C(C)C)C2)C1.CC/C=C/C=C(C#N)\C=C(/C)CCC. The summed E-state index contributed by atoms with van der Waals surface area (Å²) in [5.41, 5.74) is 6.42. The first-order valence-electron chi connectivity index (χ1n) is 16.2. The number of carbonyl (C=O) groups is 1. The van der Waals surface area contributed by atoms with Gasteiger partial charge in [0.05, 0.1) is 11.6 Å². The van der Waals surface area contributed by atoms with Gasteiger partial charge in [0.1, 0.15) is 5.82 Å². The van der Waals surface area contributed by atoms with E-state index in [4.69, 9.17) is 5.26 Å². The summed E-state index contributed by atoms with van der Waals surface area (Å²) in [5.74, 6) is 0.0349. The van der Waals surface area contributed by atoms with Crippen molar-refractivity contribution in [3.8, 4) is 6.07 Å². The third-order valence-electron chi connectivity index (χ3n) is 8.32. The molecule has 1 aromatic carbocycles. The second-order valence-electron chi connectivity index (χ2n) is 12.4. The number of halogens is 1. The van der Waals surface area contributed by atoms with Crippen LogP contribution in [0.3, 0.4) is 0 Å². The van der Waals surface area contributed by atoms with Gasteiger partial charge in [0, 0.05) is 66.3 Å². The molecule has 2 aliphatic heterocycles. The fraction of sp³-hybridized carbons (Fsp3) is 0.462. The standard InChI is InChI=1S/C26H34FN3O.C13H19N/c1-7-21(22-11-9-10-12-23(22)27)24(19(5)28-8-2)20(6)29-14-13-26(15-29)16-30(17-26)25(31)18(3)4;1-4-6-7-9-13(11-14)10-12(3)8-5-2/h7-12,18H,2,13-17H2,1,3-6H3;6-7,9-10H,4-5,8H2,1-3H3/b21-7-,24-20-,28-19?;7-6+,12-10+,13-9+. The fourth-order valence-electron chi connectivity index (χ4n) is 6.05. The van der Waals surface area contributed by atoms with Crippen LogP contribution in [0.5, 0.6) is 0 Å². The van der Waals surface area contributed by atoms with Gasteiger partial charge in [-0.25, -0.2) is 4.39 Å². The van der Waals surface area contributed by atoms with Crippen LogP contribution >= 0.6 is 0 Å². The molecule has 1 spiro atoms. The van der Waals surface area contributed by atoms with Crippen molar-refractivity contribution in [2.24, 2.45) is 16.3 Å². The van der Waals surface area contributed by atoms with Crippen molar-refractivity contribution in [3.63, 3.8) is 0 Å². The lowest BCUT2D eigenvalue weighted by Gasteiger charge is -2.48. The van der Waals surface area contributed by atoms with Crippen LogP contribution in [0.2, 0.25) is 0 Å². The molecule has 242 valence electrons. The van der Waals surface area contributed by atoms with Crippen LogP contribution < -0.4 is 0 Å². The highest BCUT2D eigenvalue weighted by Gasteiger charge is 2.49. The van der Waals surface area contributed by atoms with E-state index in [-0.39, 0.29) is 23.1 Å². The fourth-order valence-corrected chi connectivity index (χ4v) is 6.05. The van der Waals surface area contributed by atoms with E-state index in [0.29, 0.717) is 5.56 Å². The van der Waals surface area contributed by atoms with E-state index in [2.05, 4.69) is 50.2 Å². The number of likely N-dealkylation sites (tertiary alicyclic amines) is 2. The molecule has 0 aromatic heterocycles. The zero-order chi connectivity index (χ0) is 33.6. The maximum atomic E-state index is 14.7. The van der Waals surface area contributed by atoms with E-state index >= 15 is 0 Å². The van der Waals surface area contributed by atoms with Crippen LogP contribution in [0.1, 0.15) is 86.6 Å². The molecule has 2 heterocycles. The second-order valence-corrected chi connectivity index (χ2v) is 12.4. The van der Waals surface area contributed by atoms with Crippen molar-refractivity contribution in [3.05, 3.63) is 101 Å². The van der Waals surface area contributed by atoms with Crippen molar-refractivity contribution < 1.29 is 9.18 Å². The Morgan fingerprint density at radius 3 is 2.38 bits per heavy atom. The van der Waals surface area contributed by atoms with Crippen LogP contribution in [-0.2, 0) is 4.79 Å². The minimum absolute atomic E-state index is 0.0406. The average Bonchev–Trinajstić information content (AvgIpc) is 3.45. The Morgan fingerprint density at radius 2 is 1.82 bits per heavy atom. The number of aliphatic imine (C=N–C) groups is 1. The number of nitrogens with zero attached hydrogens (tertiary/aromatic N) is 4. The molecule has 0 bridgehead atoms. The monoisotopic (exact) mass is 612 g/mol. The summed E-state index contributed by atoms with van der Waals surface area (Å²) < 4.78 is 14.7. The lowest BCUT2D eigenvalue weighted by Crippen LogP contribution is -2.60. The Morgan fingerprint density at radius 1 is 1.16 bits per heavy atom. The first kappa shape index (κ1) is 37.2. The summed E-state index contributed by atoms with van der Waals surface area (Å²) in [6.45, 7) is 23.4. The van der Waals surface area contributed by atoms with Gasteiger partial charge < -0.3 is 9.80 Å². The number of nitriles is 1. The molecular formula is C39H53FN4O. The van der Waals surface area contributed by atoms with Gasteiger partial charge in [0.2, 0.25) is 5.91 Å². The maximum absolute atomic E-state index is 14.7. The van der Waals surface area contributed by atoms with Gasteiger partial charge in [-0.3, -0.25) is 9.79 Å². The van der Waals surface area contributed by atoms with E-state index in [1.165, 1.54) is 17.8 Å². The van der Waals surface area contributed by atoms with Gasteiger partial charge in [-0.15, -0.1) is 0 Å². The molecule has 1 aromatic rings. The average molecular weight is 613 g/mol. The summed E-state index contributed by atoms with van der Waals surface area (Å²) >= 11 is 0. The van der Waals surface area contributed by atoms with Crippen molar-refractivity contribution in [2.75, 3.05) is 26.2 Å². The molecule has 0 radical (unpaired) electrons. The van der Waals surface area contributed by atoms with Crippen molar-refractivity contribution in [1.29, 1.82) is 5.26 Å². The number of allylic oxidation sites excluding steroid dienone is 10. The smallest absolute Gasteiger partial charge is 0.225 e. The molecule has 2 saturated heterocycles. The highest BCUT2D eigenvalue weighted by atomic mass is 19.1. The van der Waals surface area contributed by atoms with E-state index in [9.17, 15) is 9.18 Å². The molecule has 45 heavy (non-hydrogen) atoms. The minimum atomic E-state index is -0.243. The minimum Gasteiger partial charge on any atom is -0.374 e. The number of rotatable bonds is 11. The Kier molecular flexibility index (Phi) is 15.0. The highest BCUT2D eigenvalue weighted by molar-refractivity contribution is 6.12. The normalized spacial score (nSPS) is 17.6. The molecule has 0 atom stereocenters. The molecule has 3 rings (SSSR count). The van der Waals surface area contributed by atoms with Crippen LogP contribution in [0.25, 0.3) is 5.57 Å². The van der Waals surface area contributed by atoms with Gasteiger partial charge in [-0.05, 0) is 70.7 Å². The van der Waals surface area contributed by atoms with Crippen LogP contribution in [0.4, 0.5) is 4.39 Å².